The summed E-state index contributed by atoms with van der Waals surface area (Å²) >= 11 is 0. The lowest BCUT2D eigenvalue weighted by atomic mass is 9.85. The molecule has 1 fully saturated rings. The molecule has 170 valence electrons. The lowest BCUT2D eigenvalue weighted by Gasteiger charge is -2.29. The lowest BCUT2D eigenvalue weighted by molar-refractivity contribution is 0.256. The Hall–Kier alpha value is -3.69. The highest BCUT2D eigenvalue weighted by Crippen LogP contribution is 2.36. The number of rotatable bonds is 4. The smallest absolute Gasteiger partial charge is 0.329 e. The van der Waals surface area contributed by atoms with Crippen LogP contribution in [0.25, 0.3) is 33.5 Å². The number of pyridine rings is 1. The molecule has 5 aromatic heterocycles. The summed E-state index contributed by atoms with van der Waals surface area (Å²) in [5.41, 5.74) is 3.77. The van der Waals surface area contributed by atoms with E-state index in [4.69, 9.17) is 9.05 Å². The Bertz CT molecular complexity index is 1510. The Morgan fingerprint density at radius 3 is 2.82 bits per heavy atom. The van der Waals surface area contributed by atoms with Crippen LogP contribution >= 0.6 is 0 Å². The van der Waals surface area contributed by atoms with Crippen molar-refractivity contribution in [3.63, 3.8) is 0 Å². The van der Waals surface area contributed by atoms with E-state index in [1.165, 1.54) is 6.42 Å². The van der Waals surface area contributed by atoms with E-state index in [1.54, 1.807) is 17.7 Å². The maximum absolute atomic E-state index is 13.8. The molecule has 33 heavy (non-hydrogen) atoms. The second-order valence-corrected chi connectivity index (χ2v) is 9.01. The van der Waals surface area contributed by atoms with E-state index in [9.17, 15) is 4.79 Å². The van der Waals surface area contributed by atoms with Gasteiger partial charge in [-0.15, -0.1) is 0 Å². The first kappa shape index (κ1) is 20.0. The minimum Gasteiger partial charge on any atom is -0.361 e. The van der Waals surface area contributed by atoms with Gasteiger partial charge in [0.2, 0.25) is 0 Å². The van der Waals surface area contributed by atoms with Gasteiger partial charge in [0.25, 0.3) is 5.89 Å². The molecule has 0 spiro atoms. The predicted molar refractivity (Wildman–Crippen MR) is 121 cm³/mol. The molecule has 0 aromatic carbocycles. The first-order valence-electron chi connectivity index (χ1n) is 11.4. The normalized spacial score (nSPS) is 19.1. The molecule has 0 aliphatic heterocycles. The molecule has 10 heteroatoms. The number of nitrogens with one attached hydrogen (secondary N) is 1. The fourth-order valence-electron chi connectivity index (χ4n) is 5.25. The zero-order chi connectivity index (χ0) is 22.7. The van der Waals surface area contributed by atoms with Gasteiger partial charge in [-0.1, -0.05) is 30.1 Å². The quantitative estimate of drug-likeness (QED) is 0.440. The van der Waals surface area contributed by atoms with Gasteiger partial charge in [-0.05, 0) is 38.7 Å². The molecule has 1 aliphatic carbocycles. The average molecular weight is 447 g/mol. The summed E-state index contributed by atoms with van der Waals surface area (Å²) in [5.74, 6) is 1.79. The molecule has 1 N–H and O–H groups in total. The number of hydrogen-bond acceptors (Lipinski definition) is 7. The minimum atomic E-state index is -0.0667. The van der Waals surface area contributed by atoms with Crippen LogP contribution in [0.3, 0.4) is 0 Å². The van der Waals surface area contributed by atoms with Crippen LogP contribution in [0.15, 0.2) is 32.3 Å². The molecule has 0 saturated heterocycles. The van der Waals surface area contributed by atoms with E-state index >= 15 is 0 Å². The average Bonchev–Trinajstić information content (AvgIpc) is 3.57. The SMILES string of the molecule is Cc1noc(C)c1-c1nc(Cn2c(=O)n([C@H]3CCCC[C@H]3C)c3c4cc[nH]c4ncc32)no1. The first-order chi connectivity index (χ1) is 16.0. The maximum Gasteiger partial charge on any atom is 0.329 e. The van der Waals surface area contributed by atoms with Crippen molar-refractivity contribution in [2.24, 2.45) is 5.92 Å². The summed E-state index contributed by atoms with van der Waals surface area (Å²) in [6.45, 7) is 6.06. The maximum atomic E-state index is 13.8. The van der Waals surface area contributed by atoms with Crippen molar-refractivity contribution in [2.45, 2.75) is 59.0 Å². The van der Waals surface area contributed by atoms with Gasteiger partial charge in [-0.3, -0.25) is 9.13 Å². The topological polar surface area (TPSA) is 121 Å². The highest BCUT2D eigenvalue weighted by Gasteiger charge is 2.29. The zero-order valence-corrected chi connectivity index (χ0v) is 18.8. The van der Waals surface area contributed by atoms with E-state index < -0.39 is 0 Å². The number of nitrogens with zero attached hydrogens (tertiary/aromatic N) is 6. The van der Waals surface area contributed by atoms with Crippen molar-refractivity contribution in [3.05, 3.63) is 46.2 Å². The van der Waals surface area contributed by atoms with E-state index in [-0.39, 0.29) is 18.3 Å². The summed E-state index contributed by atoms with van der Waals surface area (Å²) in [6.07, 6.45) is 8.07. The largest absolute Gasteiger partial charge is 0.361 e. The summed E-state index contributed by atoms with van der Waals surface area (Å²) in [6, 6.07) is 2.14. The summed E-state index contributed by atoms with van der Waals surface area (Å²) < 4.78 is 14.4. The van der Waals surface area contributed by atoms with Gasteiger partial charge in [0.1, 0.15) is 17.0 Å². The summed E-state index contributed by atoms with van der Waals surface area (Å²) in [4.78, 5) is 26.1. The van der Waals surface area contributed by atoms with Gasteiger partial charge >= 0.3 is 5.69 Å². The second-order valence-electron chi connectivity index (χ2n) is 9.01. The van der Waals surface area contributed by atoms with Gasteiger partial charge in [-0.2, -0.15) is 4.98 Å². The van der Waals surface area contributed by atoms with Gasteiger partial charge in [0.05, 0.1) is 29.5 Å². The van der Waals surface area contributed by atoms with Crippen molar-refractivity contribution < 1.29 is 9.05 Å². The van der Waals surface area contributed by atoms with Crippen molar-refractivity contribution in [2.75, 3.05) is 0 Å². The second kappa shape index (κ2) is 7.43. The van der Waals surface area contributed by atoms with Crippen molar-refractivity contribution in [3.8, 4) is 11.5 Å². The lowest BCUT2D eigenvalue weighted by Crippen LogP contribution is -2.32. The Kier molecular flexibility index (Phi) is 4.49. The predicted octanol–water partition coefficient (Wildman–Crippen LogP) is 4.13. The number of aryl methyl sites for hydroxylation is 2. The van der Waals surface area contributed by atoms with Crippen LogP contribution in [0, 0.1) is 19.8 Å². The third-order valence-electron chi connectivity index (χ3n) is 6.92. The highest BCUT2D eigenvalue weighted by molar-refractivity contribution is 6.01. The molecule has 0 radical (unpaired) electrons. The molecular weight excluding hydrogens is 422 g/mol. The fourth-order valence-corrected chi connectivity index (χ4v) is 5.25. The van der Waals surface area contributed by atoms with Crippen LogP contribution < -0.4 is 5.69 Å². The summed E-state index contributed by atoms with van der Waals surface area (Å²) in [7, 11) is 0. The van der Waals surface area contributed by atoms with Crippen LogP contribution in [-0.2, 0) is 6.54 Å². The van der Waals surface area contributed by atoms with Crippen LogP contribution in [0.2, 0.25) is 0 Å². The number of aromatic amines is 1. The van der Waals surface area contributed by atoms with Crippen LogP contribution in [0.4, 0.5) is 0 Å². The van der Waals surface area contributed by atoms with E-state index in [0.29, 0.717) is 34.7 Å². The molecule has 0 unspecified atom stereocenters. The third kappa shape index (κ3) is 3.04. The van der Waals surface area contributed by atoms with Crippen LogP contribution in [0.1, 0.15) is 55.9 Å². The number of H-pyrrole nitrogens is 1. The van der Waals surface area contributed by atoms with Crippen LogP contribution in [0.5, 0.6) is 0 Å². The van der Waals surface area contributed by atoms with Crippen molar-refractivity contribution >= 4 is 22.1 Å². The molecule has 6 rings (SSSR count). The fraction of sp³-hybridized carbons (Fsp3) is 0.435. The molecule has 0 amide bonds. The molecule has 5 aromatic rings. The molecule has 1 saturated carbocycles. The molecule has 2 atom stereocenters. The molecular formula is C23H25N7O3. The Morgan fingerprint density at radius 1 is 1.18 bits per heavy atom. The number of imidazole rings is 1. The summed E-state index contributed by atoms with van der Waals surface area (Å²) in [5, 5.41) is 9.04. The van der Waals surface area contributed by atoms with Crippen molar-refractivity contribution in [1.82, 2.24) is 34.4 Å². The molecule has 0 bridgehead atoms. The standard InChI is InChI=1S/C23H25N7O3/c1-12-6-4-5-7-16(12)30-20-15-8-9-24-21(15)25-10-17(20)29(23(30)31)11-18-26-22(33-28-18)19-13(2)27-32-14(19)3/h8-10,12,16H,4-7,11H2,1-3H3,(H,24,25)/t12-,16+/m1/s1. The van der Waals surface area contributed by atoms with Gasteiger partial charge < -0.3 is 14.0 Å². The monoisotopic (exact) mass is 447 g/mol. The first-order valence-corrected chi connectivity index (χ1v) is 11.4. The molecule has 5 heterocycles. The highest BCUT2D eigenvalue weighted by atomic mass is 16.5. The van der Waals surface area contributed by atoms with Gasteiger partial charge in [-0.25, -0.2) is 9.78 Å². The Balaban J connectivity index is 1.50. The molecule has 10 nitrogen and oxygen atoms in total. The van der Waals surface area contributed by atoms with Crippen molar-refractivity contribution in [1.29, 1.82) is 0 Å². The number of aromatic nitrogens is 7. The van der Waals surface area contributed by atoms with E-state index in [1.807, 2.05) is 23.8 Å². The Labute approximate surface area is 188 Å². The Morgan fingerprint density at radius 2 is 2.03 bits per heavy atom. The minimum absolute atomic E-state index is 0.0667. The van der Waals surface area contributed by atoms with E-state index in [2.05, 4.69) is 32.2 Å². The van der Waals surface area contributed by atoms with E-state index in [0.717, 1.165) is 41.3 Å². The third-order valence-corrected chi connectivity index (χ3v) is 6.92. The number of hydrogen-bond donors (Lipinski definition) is 1. The molecule has 1 aliphatic rings. The van der Waals surface area contributed by atoms with Crippen LogP contribution in [-0.4, -0.2) is 34.4 Å². The van der Waals surface area contributed by atoms with Gasteiger partial charge in [0.15, 0.2) is 5.82 Å². The van der Waals surface area contributed by atoms with Gasteiger partial charge in [0, 0.05) is 17.6 Å². The number of fused-ring (bicyclic) bond motifs is 3. The zero-order valence-electron chi connectivity index (χ0n) is 18.8.